The van der Waals surface area contributed by atoms with E-state index in [4.69, 9.17) is 14.6 Å². The highest BCUT2D eigenvalue weighted by Gasteiger charge is 2.29. The quantitative estimate of drug-likeness (QED) is 0.935. The number of likely N-dealkylation sites (tertiary alicyclic amines) is 1. The lowest BCUT2D eigenvalue weighted by Crippen LogP contribution is -2.49. The third kappa shape index (κ3) is 3.32. The highest BCUT2D eigenvalue weighted by molar-refractivity contribution is 5.79. The van der Waals surface area contributed by atoms with E-state index in [0.717, 1.165) is 19.4 Å². The molecule has 0 radical (unpaired) electrons. The molecule has 2 aromatic rings. The number of carbonyl (C=O) groups excluding carboxylic acids is 1. The van der Waals surface area contributed by atoms with Gasteiger partial charge in [0.1, 0.15) is 5.76 Å². The Kier molecular flexibility index (Phi) is 4.52. The van der Waals surface area contributed by atoms with Crippen LogP contribution in [-0.2, 0) is 11.2 Å². The van der Waals surface area contributed by atoms with Crippen LogP contribution in [0.2, 0.25) is 0 Å². The molecule has 2 N–H and O–H groups in total. The number of aryl methyl sites for hydroxylation is 1. The zero-order valence-electron chi connectivity index (χ0n) is 13.6. The molecule has 124 valence electrons. The van der Waals surface area contributed by atoms with Gasteiger partial charge in [0.25, 0.3) is 5.89 Å². The van der Waals surface area contributed by atoms with E-state index in [9.17, 15) is 4.79 Å². The molecule has 6 nitrogen and oxygen atoms in total. The summed E-state index contributed by atoms with van der Waals surface area (Å²) in [6, 6.07) is 3.69. The maximum absolute atomic E-state index is 12.7. The van der Waals surface area contributed by atoms with Crippen LogP contribution in [0, 0.1) is 12.8 Å². The Morgan fingerprint density at radius 1 is 1.52 bits per heavy atom. The Morgan fingerprint density at radius 3 is 3.04 bits per heavy atom. The molecule has 2 unspecified atom stereocenters. The van der Waals surface area contributed by atoms with Crippen molar-refractivity contribution < 1.29 is 13.6 Å². The molecule has 1 saturated heterocycles. The van der Waals surface area contributed by atoms with Gasteiger partial charge in [0.15, 0.2) is 5.76 Å². The maximum atomic E-state index is 12.7. The molecule has 1 aliphatic rings. The number of nitrogens with zero attached hydrogens (tertiary/aromatic N) is 2. The third-order valence-corrected chi connectivity index (χ3v) is 4.51. The molecule has 0 aliphatic carbocycles. The van der Waals surface area contributed by atoms with Gasteiger partial charge in [-0.3, -0.25) is 4.79 Å². The first-order chi connectivity index (χ1) is 11.1. The molecular formula is C17H23N3O3. The average molecular weight is 317 g/mol. The molecule has 0 bridgehead atoms. The second-order valence-corrected chi connectivity index (χ2v) is 6.28. The van der Waals surface area contributed by atoms with Crippen LogP contribution >= 0.6 is 0 Å². The van der Waals surface area contributed by atoms with Crippen LogP contribution in [0.3, 0.4) is 0 Å². The molecular weight excluding hydrogens is 294 g/mol. The fourth-order valence-corrected chi connectivity index (χ4v) is 3.15. The van der Waals surface area contributed by atoms with Gasteiger partial charge in [-0.15, -0.1) is 0 Å². The predicted molar refractivity (Wildman–Crippen MR) is 85.6 cm³/mol. The summed E-state index contributed by atoms with van der Waals surface area (Å²) in [5.74, 6) is 2.32. The van der Waals surface area contributed by atoms with Crippen LogP contribution in [0.5, 0.6) is 0 Å². The smallest absolute Gasteiger partial charge is 0.263 e. The zero-order chi connectivity index (χ0) is 16.4. The highest BCUT2D eigenvalue weighted by Crippen LogP contribution is 2.25. The minimum Gasteiger partial charge on any atom is -0.459 e. The van der Waals surface area contributed by atoms with E-state index in [1.807, 2.05) is 11.8 Å². The largest absolute Gasteiger partial charge is 0.459 e. The predicted octanol–water partition coefficient (Wildman–Crippen LogP) is 2.37. The van der Waals surface area contributed by atoms with Crippen LogP contribution in [0.25, 0.3) is 11.7 Å². The molecule has 1 aliphatic heterocycles. The van der Waals surface area contributed by atoms with E-state index in [2.05, 4.69) is 11.9 Å². The van der Waals surface area contributed by atoms with Gasteiger partial charge >= 0.3 is 0 Å². The fourth-order valence-electron chi connectivity index (χ4n) is 3.15. The van der Waals surface area contributed by atoms with Gasteiger partial charge in [-0.1, -0.05) is 6.92 Å². The number of carbonyl (C=O) groups is 1. The van der Waals surface area contributed by atoms with Gasteiger partial charge in [0, 0.05) is 19.1 Å². The molecule has 2 aromatic heterocycles. The summed E-state index contributed by atoms with van der Waals surface area (Å²) in [6.45, 7) is 5.30. The lowest BCUT2D eigenvalue weighted by molar-refractivity contribution is -0.134. The number of piperidine rings is 1. The van der Waals surface area contributed by atoms with Crippen LogP contribution < -0.4 is 5.73 Å². The van der Waals surface area contributed by atoms with E-state index < -0.39 is 0 Å². The van der Waals surface area contributed by atoms with E-state index in [1.54, 1.807) is 18.4 Å². The van der Waals surface area contributed by atoms with Crippen LogP contribution in [-0.4, -0.2) is 34.9 Å². The summed E-state index contributed by atoms with van der Waals surface area (Å²) in [6.07, 6.45) is 3.80. The van der Waals surface area contributed by atoms with Crippen molar-refractivity contribution in [2.45, 2.75) is 39.2 Å². The van der Waals surface area contributed by atoms with Crippen molar-refractivity contribution in [1.82, 2.24) is 9.88 Å². The van der Waals surface area contributed by atoms with E-state index in [0.29, 0.717) is 35.6 Å². The summed E-state index contributed by atoms with van der Waals surface area (Å²) < 4.78 is 10.9. The van der Waals surface area contributed by atoms with Crippen LogP contribution in [0.1, 0.15) is 31.2 Å². The van der Waals surface area contributed by atoms with Gasteiger partial charge < -0.3 is 19.5 Å². The number of hydrogen-bond acceptors (Lipinski definition) is 5. The van der Waals surface area contributed by atoms with Gasteiger partial charge in [0.05, 0.1) is 18.4 Å². The molecule has 3 rings (SSSR count). The number of aromatic nitrogens is 1. The first-order valence-electron chi connectivity index (χ1n) is 8.08. The lowest BCUT2D eigenvalue weighted by Gasteiger charge is -2.38. The molecule has 0 aromatic carbocycles. The molecule has 0 saturated carbocycles. The van der Waals surface area contributed by atoms with Gasteiger partial charge in [-0.2, -0.15) is 0 Å². The molecule has 2 atom stereocenters. The minimum atomic E-state index is 0.0646. The number of oxazole rings is 1. The van der Waals surface area contributed by atoms with Crippen molar-refractivity contribution in [1.29, 1.82) is 0 Å². The van der Waals surface area contributed by atoms with E-state index in [1.165, 1.54) is 0 Å². The standard InChI is InChI=1S/C17H23N3O3/c1-11-5-6-20(13(8-11)10-18)16(21)9-14-12(2)23-17(19-14)15-4-3-7-22-15/h3-4,7,11,13H,5-6,8-10,18H2,1-2H3. The third-order valence-electron chi connectivity index (χ3n) is 4.51. The molecule has 6 heteroatoms. The van der Waals surface area contributed by atoms with Crippen molar-refractivity contribution in [2.24, 2.45) is 11.7 Å². The van der Waals surface area contributed by atoms with E-state index >= 15 is 0 Å². The second kappa shape index (κ2) is 6.58. The highest BCUT2D eigenvalue weighted by atomic mass is 16.4. The number of rotatable bonds is 4. The topological polar surface area (TPSA) is 85.5 Å². The second-order valence-electron chi connectivity index (χ2n) is 6.28. The van der Waals surface area contributed by atoms with Crippen molar-refractivity contribution >= 4 is 5.91 Å². The maximum Gasteiger partial charge on any atom is 0.263 e. The Bertz CT molecular complexity index is 663. The van der Waals surface area contributed by atoms with E-state index in [-0.39, 0.29) is 18.4 Å². The summed E-state index contributed by atoms with van der Waals surface area (Å²) in [4.78, 5) is 19.0. The van der Waals surface area contributed by atoms with Crippen molar-refractivity contribution in [3.63, 3.8) is 0 Å². The Balaban J connectivity index is 1.73. The first-order valence-corrected chi connectivity index (χ1v) is 8.08. The molecule has 0 spiro atoms. The molecule has 3 heterocycles. The fraction of sp³-hybridized carbons (Fsp3) is 0.529. The van der Waals surface area contributed by atoms with Crippen molar-refractivity contribution in [3.05, 3.63) is 29.9 Å². The Labute approximate surface area is 135 Å². The number of amides is 1. The van der Waals surface area contributed by atoms with Crippen molar-refractivity contribution in [3.8, 4) is 11.7 Å². The average Bonchev–Trinajstić information content (AvgIpc) is 3.17. The van der Waals surface area contributed by atoms with Crippen LogP contribution in [0.4, 0.5) is 0 Å². The minimum absolute atomic E-state index is 0.0646. The normalized spacial score (nSPS) is 21.6. The summed E-state index contributed by atoms with van der Waals surface area (Å²) >= 11 is 0. The van der Waals surface area contributed by atoms with Gasteiger partial charge in [0.2, 0.25) is 5.91 Å². The number of hydrogen-bond donors (Lipinski definition) is 1. The summed E-state index contributed by atoms with van der Waals surface area (Å²) in [7, 11) is 0. The summed E-state index contributed by atoms with van der Waals surface area (Å²) in [5, 5.41) is 0. The summed E-state index contributed by atoms with van der Waals surface area (Å²) in [5.41, 5.74) is 6.51. The number of furan rings is 1. The lowest BCUT2D eigenvalue weighted by atomic mass is 9.92. The van der Waals surface area contributed by atoms with Crippen molar-refractivity contribution in [2.75, 3.05) is 13.1 Å². The molecule has 1 amide bonds. The monoisotopic (exact) mass is 317 g/mol. The zero-order valence-corrected chi connectivity index (χ0v) is 13.6. The molecule has 1 fully saturated rings. The van der Waals surface area contributed by atoms with Gasteiger partial charge in [-0.05, 0) is 37.8 Å². The Morgan fingerprint density at radius 2 is 2.35 bits per heavy atom. The SMILES string of the molecule is Cc1oc(-c2ccco2)nc1CC(=O)N1CCC(C)CC1CN. The van der Waals surface area contributed by atoms with Crippen LogP contribution in [0.15, 0.2) is 27.2 Å². The Hall–Kier alpha value is -2.08. The van der Waals surface area contributed by atoms with Gasteiger partial charge in [-0.25, -0.2) is 4.98 Å². The molecule has 23 heavy (non-hydrogen) atoms. The number of nitrogens with two attached hydrogens (primary N) is 1. The first kappa shape index (κ1) is 15.8.